The molecule has 1 aromatic heterocycles. The standard InChI is InChI=1S/C9H19N7/c1-2-3-5-11-9(15-10)12-6-4-8-13-7-14-16-8/h7H,2-6,10H2,1H3,(H2,11,12,15)(H,13,14,16). The smallest absolute Gasteiger partial charge is 0.205 e. The molecule has 0 saturated heterocycles. The van der Waals surface area contributed by atoms with Gasteiger partial charge < -0.3 is 5.32 Å². The third-order valence-corrected chi connectivity index (χ3v) is 2.04. The third-order valence-electron chi connectivity index (χ3n) is 2.04. The zero-order valence-electron chi connectivity index (χ0n) is 9.53. The molecule has 1 heterocycles. The van der Waals surface area contributed by atoms with Crippen molar-refractivity contribution in [2.75, 3.05) is 13.1 Å². The van der Waals surface area contributed by atoms with Gasteiger partial charge in [-0.1, -0.05) is 13.3 Å². The fourth-order valence-corrected chi connectivity index (χ4v) is 1.15. The molecule has 0 unspecified atom stereocenters. The van der Waals surface area contributed by atoms with Crippen LogP contribution in [0.25, 0.3) is 0 Å². The molecule has 0 atom stereocenters. The summed E-state index contributed by atoms with van der Waals surface area (Å²) in [6, 6.07) is 0. The first-order valence-electron chi connectivity index (χ1n) is 5.46. The fourth-order valence-electron chi connectivity index (χ4n) is 1.15. The predicted molar refractivity (Wildman–Crippen MR) is 62.6 cm³/mol. The average Bonchev–Trinajstić information content (AvgIpc) is 2.80. The van der Waals surface area contributed by atoms with Crippen LogP contribution in [0.2, 0.25) is 0 Å². The number of aromatic amines is 1. The molecule has 0 amide bonds. The molecule has 5 N–H and O–H groups in total. The van der Waals surface area contributed by atoms with Crippen LogP contribution < -0.4 is 16.6 Å². The number of hydrogen-bond acceptors (Lipinski definition) is 4. The maximum Gasteiger partial charge on any atom is 0.205 e. The largest absolute Gasteiger partial charge is 0.355 e. The van der Waals surface area contributed by atoms with Crippen LogP contribution in [-0.4, -0.2) is 34.2 Å². The van der Waals surface area contributed by atoms with Crippen molar-refractivity contribution in [3.05, 3.63) is 12.2 Å². The van der Waals surface area contributed by atoms with Gasteiger partial charge >= 0.3 is 0 Å². The molecule has 0 fully saturated rings. The van der Waals surface area contributed by atoms with Crippen LogP contribution in [0.3, 0.4) is 0 Å². The summed E-state index contributed by atoms with van der Waals surface area (Å²) in [7, 11) is 0. The number of aliphatic imine (C=N–C) groups is 1. The van der Waals surface area contributed by atoms with Gasteiger partial charge in [0, 0.05) is 19.5 Å². The number of hydrazine groups is 1. The Hall–Kier alpha value is -1.63. The normalized spacial score (nSPS) is 11.5. The van der Waals surface area contributed by atoms with E-state index in [-0.39, 0.29) is 0 Å². The van der Waals surface area contributed by atoms with Crippen LogP contribution in [0.4, 0.5) is 0 Å². The van der Waals surface area contributed by atoms with E-state index in [0.29, 0.717) is 12.5 Å². The summed E-state index contributed by atoms with van der Waals surface area (Å²) in [5, 5.41) is 9.65. The predicted octanol–water partition coefficient (Wildman–Crippen LogP) is -0.444. The van der Waals surface area contributed by atoms with Gasteiger partial charge in [-0.2, -0.15) is 5.10 Å². The van der Waals surface area contributed by atoms with Gasteiger partial charge in [-0.25, -0.2) is 10.8 Å². The van der Waals surface area contributed by atoms with Crippen molar-refractivity contribution in [3.8, 4) is 0 Å². The van der Waals surface area contributed by atoms with E-state index in [1.165, 1.54) is 6.33 Å². The molecule has 7 nitrogen and oxygen atoms in total. The molecule has 0 bridgehead atoms. The Morgan fingerprint density at radius 1 is 1.62 bits per heavy atom. The van der Waals surface area contributed by atoms with Crippen LogP contribution in [0.1, 0.15) is 25.6 Å². The molecule has 0 aliphatic carbocycles. The van der Waals surface area contributed by atoms with Crippen molar-refractivity contribution in [1.82, 2.24) is 25.9 Å². The average molecular weight is 225 g/mol. The highest BCUT2D eigenvalue weighted by molar-refractivity contribution is 5.79. The van der Waals surface area contributed by atoms with Gasteiger partial charge in [0.05, 0.1) is 0 Å². The van der Waals surface area contributed by atoms with Gasteiger partial charge in [-0.3, -0.25) is 15.5 Å². The van der Waals surface area contributed by atoms with Crippen molar-refractivity contribution in [3.63, 3.8) is 0 Å². The van der Waals surface area contributed by atoms with Crippen molar-refractivity contribution in [2.45, 2.75) is 26.2 Å². The molecule has 1 rings (SSSR count). The van der Waals surface area contributed by atoms with Gasteiger partial charge in [0.1, 0.15) is 12.2 Å². The number of nitrogens with two attached hydrogens (primary N) is 1. The van der Waals surface area contributed by atoms with E-state index in [1.54, 1.807) is 0 Å². The van der Waals surface area contributed by atoms with Crippen molar-refractivity contribution < 1.29 is 0 Å². The molecule has 0 aliphatic heterocycles. The molecule has 7 heteroatoms. The molecule has 1 aromatic rings. The molecule has 0 aliphatic rings. The first-order valence-corrected chi connectivity index (χ1v) is 5.46. The van der Waals surface area contributed by atoms with Crippen LogP contribution >= 0.6 is 0 Å². The van der Waals surface area contributed by atoms with E-state index in [1.807, 2.05) is 0 Å². The number of H-pyrrole nitrogens is 1. The molecule has 16 heavy (non-hydrogen) atoms. The summed E-state index contributed by atoms with van der Waals surface area (Å²) < 4.78 is 0. The second-order valence-corrected chi connectivity index (χ2v) is 3.34. The van der Waals surface area contributed by atoms with Crippen molar-refractivity contribution in [1.29, 1.82) is 0 Å². The molecule has 0 aromatic carbocycles. The number of rotatable bonds is 6. The summed E-state index contributed by atoms with van der Waals surface area (Å²) in [5.41, 5.74) is 2.53. The summed E-state index contributed by atoms with van der Waals surface area (Å²) >= 11 is 0. The van der Waals surface area contributed by atoms with Gasteiger partial charge in [0.25, 0.3) is 0 Å². The Morgan fingerprint density at radius 3 is 3.12 bits per heavy atom. The fraction of sp³-hybridized carbons (Fsp3) is 0.667. The Bertz CT molecular complexity index is 293. The Balaban J connectivity index is 2.20. The second kappa shape index (κ2) is 7.63. The van der Waals surface area contributed by atoms with Gasteiger partial charge in [0.2, 0.25) is 5.96 Å². The zero-order valence-corrected chi connectivity index (χ0v) is 9.53. The van der Waals surface area contributed by atoms with E-state index in [4.69, 9.17) is 5.84 Å². The van der Waals surface area contributed by atoms with E-state index in [0.717, 1.165) is 31.6 Å². The SMILES string of the molecule is CCCCN=C(NN)NCCc1ncn[nH]1. The lowest BCUT2D eigenvalue weighted by Crippen LogP contribution is -2.42. The topological polar surface area (TPSA) is 104 Å². The molecular weight excluding hydrogens is 206 g/mol. The number of unbranched alkanes of at least 4 members (excludes halogenated alkanes) is 1. The number of aromatic nitrogens is 3. The van der Waals surface area contributed by atoms with E-state index < -0.39 is 0 Å². The molecule has 0 spiro atoms. The highest BCUT2D eigenvalue weighted by atomic mass is 15.3. The lowest BCUT2D eigenvalue weighted by atomic mass is 10.3. The van der Waals surface area contributed by atoms with Crippen LogP contribution in [-0.2, 0) is 6.42 Å². The maximum absolute atomic E-state index is 5.34. The van der Waals surface area contributed by atoms with E-state index in [9.17, 15) is 0 Å². The second-order valence-electron chi connectivity index (χ2n) is 3.34. The maximum atomic E-state index is 5.34. The minimum atomic E-state index is 0.618. The van der Waals surface area contributed by atoms with Crippen LogP contribution in [0.5, 0.6) is 0 Å². The monoisotopic (exact) mass is 225 g/mol. The Labute approximate surface area is 94.9 Å². The quantitative estimate of drug-likeness (QED) is 0.173. The molecule has 90 valence electrons. The molecular formula is C9H19N7. The van der Waals surface area contributed by atoms with Crippen LogP contribution in [0.15, 0.2) is 11.3 Å². The van der Waals surface area contributed by atoms with Crippen molar-refractivity contribution in [2.24, 2.45) is 10.8 Å². The minimum Gasteiger partial charge on any atom is -0.355 e. The van der Waals surface area contributed by atoms with Crippen LogP contribution in [0, 0.1) is 0 Å². The van der Waals surface area contributed by atoms with Gasteiger partial charge in [-0.05, 0) is 6.42 Å². The Kier molecular flexibility index (Phi) is 5.94. The highest BCUT2D eigenvalue weighted by Crippen LogP contribution is 1.87. The summed E-state index contributed by atoms with van der Waals surface area (Å²) in [6.45, 7) is 3.62. The number of nitrogens with zero attached hydrogens (tertiary/aromatic N) is 3. The minimum absolute atomic E-state index is 0.618. The number of hydrogen-bond donors (Lipinski definition) is 4. The van der Waals surface area contributed by atoms with E-state index in [2.05, 4.69) is 37.8 Å². The van der Waals surface area contributed by atoms with E-state index >= 15 is 0 Å². The molecule has 0 saturated carbocycles. The summed E-state index contributed by atoms with van der Waals surface area (Å²) in [6.07, 6.45) is 4.44. The first kappa shape index (κ1) is 12.4. The van der Waals surface area contributed by atoms with Gasteiger partial charge in [-0.15, -0.1) is 0 Å². The first-order chi connectivity index (χ1) is 7.86. The Morgan fingerprint density at radius 2 is 2.50 bits per heavy atom. The third kappa shape index (κ3) is 4.74. The number of nitrogens with one attached hydrogen (secondary N) is 3. The zero-order chi connectivity index (χ0) is 11.6. The lowest BCUT2D eigenvalue weighted by molar-refractivity contribution is 0.758. The molecule has 0 radical (unpaired) electrons. The van der Waals surface area contributed by atoms with Gasteiger partial charge in [0.15, 0.2) is 0 Å². The lowest BCUT2D eigenvalue weighted by Gasteiger charge is -2.07. The summed E-state index contributed by atoms with van der Waals surface area (Å²) in [4.78, 5) is 8.29. The summed E-state index contributed by atoms with van der Waals surface area (Å²) in [5.74, 6) is 6.80. The highest BCUT2D eigenvalue weighted by Gasteiger charge is 1.97. The van der Waals surface area contributed by atoms with Crippen molar-refractivity contribution >= 4 is 5.96 Å². The number of guanidine groups is 1.